The van der Waals surface area contributed by atoms with Crippen molar-refractivity contribution >= 4 is 23.6 Å². The van der Waals surface area contributed by atoms with Crippen molar-refractivity contribution in [2.24, 2.45) is 5.10 Å². The number of hydrogen-bond donors (Lipinski definition) is 1. The third kappa shape index (κ3) is 4.22. The predicted octanol–water partition coefficient (Wildman–Crippen LogP) is 2.97. The molecule has 0 saturated carbocycles. The van der Waals surface area contributed by atoms with Gasteiger partial charge >= 0.3 is 0 Å². The molecule has 2 rings (SSSR count). The smallest absolute Gasteiger partial charge is 0.168 e. The van der Waals surface area contributed by atoms with E-state index in [2.05, 4.69) is 20.7 Å². The Kier molecular flexibility index (Phi) is 4.69. The molecule has 0 aliphatic rings. The zero-order chi connectivity index (χ0) is 13.5. The molecule has 0 radical (unpaired) electrons. The molecule has 6 heteroatoms. The quantitative estimate of drug-likeness (QED) is 0.674. The summed E-state index contributed by atoms with van der Waals surface area (Å²) in [4.78, 5) is 0. The van der Waals surface area contributed by atoms with Gasteiger partial charge in [0.15, 0.2) is 11.0 Å². The number of aromatic nitrogens is 2. The van der Waals surface area contributed by atoms with Crippen LogP contribution in [0, 0.1) is 0 Å². The molecule has 1 N–H and O–H groups in total. The van der Waals surface area contributed by atoms with E-state index in [1.54, 1.807) is 18.3 Å². The van der Waals surface area contributed by atoms with Gasteiger partial charge in [0.05, 0.1) is 12.8 Å². The highest BCUT2D eigenvalue weighted by Crippen LogP contribution is 2.11. The van der Waals surface area contributed by atoms with Gasteiger partial charge in [0, 0.05) is 0 Å². The Balaban J connectivity index is 1.93. The molecule has 5 nitrogen and oxygen atoms in total. The van der Waals surface area contributed by atoms with Crippen LogP contribution in [0.1, 0.15) is 12.5 Å². The number of ether oxygens (including phenoxy) is 1. The number of nitrogens with one attached hydrogen (secondary N) is 1. The zero-order valence-corrected chi connectivity index (χ0v) is 11.1. The first-order valence-corrected chi connectivity index (χ1v) is 6.17. The summed E-state index contributed by atoms with van der Waals surface area (Å²) in [6.45, 7) is 2.61. The maximum absolute atomic E-state index is 5.63. The van der Waals surface area contributed by atoms with Crippen LogP contribution < -0.4 is 10.2 Å². The number of hydrazone groups is 1. The van der Waals surface area contributed by atoms with E-state index in [0.717, 1.165) is 11.3 Å². The molecule has 1 aromatic carbocycles. The molecule has 98 valence electrons. The minimum atomic E-state index is 0.348. The van der Waals surface area contributed by atoms with Crippen molar-refractivity contribution in [1.29, 1.82) is 0 Å². The predicted molar refractivity (Wildman–Crippen MR) is 75.9 cm³/mol. The number of rotatable bonds is 5. The number of nitrogens with zero attached hydrogens (tertiary/aromatic N) is 3. The SMILES string of the molecule is CCOc1ccc(C=NNc2ccc(Cl)nn2)cc1. The second kappa shape index (κ2) is 6.70. The summed E-state index contributed by atoms with van der Waals surface area (Å²) >= 11 is 5.63. The average Bonchev–Trinajstić information content (AvgIpc) is 2.43. The van der Waals surface area contributed by atoms with Crippen molar-refractivity contribution in [2.45, 2.75) is 6.92 Å². The highest BCUT2D eigenvalue weighted by Gasteiger charge is 1.94. The Labute approximate surface area is 116 Å². The first kappa shape index (κ1) is 13.3. The van der Waals surface area contributed by atoms with Crippen molar-refractivity contribution in [1.82, 2.24) is 10.2 Å². The van der Waals surface area contributed by atoms with Gasteiger partial charge in [0.2, 0.25) is 0 Å². The van der Waals surface area contributed by atoms with E-state index in [9.17, 15) is 0 Å². The first-order valence-electron chi connectivity index (χ1n) is 5.79. The molecule has 0 aliphatic carbocycles. The summed E-state index contributed by atoms with van der Waals surface area (Å²) in [6.07, 6.45) is 1.69. The lowest BCUT2D eigenvalue weighted by Gasteiger charge is -2.02. The summed E-state index contributed by atoms with van der Waals surface area (Å²) in [6, 6.07) is 11.0. The second-order valence-electron chi connectivity index (χ2n) is 3.61. The molecule has 1 aromatic heterocycles. The fourth-order valence-corrected chi connectivity index (χ4v) is 1.47. The summed E-state index contributed by atoms with van der Waals surface area (Å²) < 4.78 is 5.35. The van der Waals surface area contributed by atoms with Gasteiger partial charge in [0.25, 0.3) is 0 Å². The molecule has 0 spiro atoms. The molecule has 0 unspecified atom stereocenters. The Morgan fingerprint density at radius 2 is 2.00 bits per heavy atom. The summed E-state index contributed by atoms with van der Waals surface area (Å²) in [5, 5.41) is 11.9. The number of halogens is 1. The van der Waals surface area contributed by atoms with Gasteiger partial charge in [-0.25, -0.2) is 0 Å². The van der Waals surface area contributed by atoms with Crippen molar-refractivity contribution in [3.8, 4) is 5.75 Å². The van der Waals surface area contributed by atoms with Crippen LogP contribution in [0.3, 0.4) is 0 Å². The second-order valence-corrected chi connectivity index (χ2v) is 4.00. The summed E-state index contributed by atoms with van der Waals surface area (Å²) in [5.41, 5.74) is 3.72. The van der Waals surface area contributed by atoms with Gasteiger partial charge in [-0.1, -0.05) is 11.6 Å². The van der Waals surface area contributed by atoms with E-state index < -0.39 is 0 Å². The Bertz CT molecular complexity index is 540. The molecule has 0 saturated heterocycles. The van der Waals surface area contributed by atoms with Crippen LogP contribution in [0.2, 0.25) is 5.15 Å². The number of hydrogen-bond acceptors (Lipinski definition) is 5. The third-order valence-corrected chi connectivity index (χ3v) is 2.42. The lowest BCUT2D eigenvalue weighted by Crippen LogP contribution is -1.95. The molecular weight excluding hydrogens is 264 g/mol. The molecule has 0 bridgehead atoms. The van der Waals surface area contributed by atoms with Crippen LogP contribution >= 0.6 is 11.6 Å². The van der Waals surface area contributed by atoms with Crippen molar-refractivity contribution in [3.05, 3.63) is 47.1 Å². The molecule has 0 fully saturated rings. The maximum atomic E-state index is 5.63. The first-order chi connectivity index (χ1) is 9.28. The largest absolute Gasteiger partial charge is 0.494 e. The van der Waals surface area contributed by atoms with Crippen LogP contribution in [0.4, 0.5) is 5.82 Å². The molecule has 2 aromatic rings. The van der Waals surface area contributed by atoms with Gasteiger partial charge in [-0.3, -0.25) is 5.43 Å². The van der Waals surface area contributed by atoms with Crippen LogP contribution in [-0.2, 0) is 0 Å². The van der Waals surface area contributed by atoms with Crippen LogP contribution in [0.15, 0.2) is 41.5 Å². The summed E-state index contributed by atoms with van der Waals surface area (Å²) in [7, 11) is 0. The topological polar surface area (TPSA) is 59.4 Å². The minimum absolute atomic E-state index is 0.348. The zero-order valence-electron chi connectivity index (χ0n) is 10.4. The standard InChI is InChI=1S/C13H13ClN4O/c1-2-19-11-5-3-10(4-6-11)9-15-17-13-8-7-12(14)16-18-13/h3-9H,2H2,1H3,(H,17,18). The minimum Gasteiger partial charge on any atom is -0.494 e. The van der Waals surface area contributed by atoms with E-state index in [-0.39, 0.29) is 0 Å². The van der Waals surface area contributed by atoms with E-state index >= 15 is 0 Å². The Morgan fingerprint density at radius 1 is 1.21 bits per heavy atom. The fraction of sp³-hybridized carbons (Fsp3) is 0.154. The number of benzene rings is 1. The van der Waals surface area contributed by atoms with Gasteiger partial charge in [-0.15, -0.1) is 10.2 Å². The number of anilines is 1. The van der Waals surface area contributed by atoms with Crippen molar-refractivity contribution in [3.63, 3.8) is 0 Å². The fourth-order valence-electron chi connectivity index (χ4n) is 1.37. The van der Waals surface area contributed by atoms with Gasteiger partial charge in [0.1, 0.15) is 5.75 Å². The highest BCUT2D eigenvalue weighted by atomic mass is 35.5. The Hall–Kier alpha value is -2.14. The normalized spacial score (nSPS) is 10.6. The molecule has 19 heavy (non-hydrogen) atoms. The summed E-state index contributed by atoms with van der Waals surface area (Å²) in [5.74, 6) is 1.38. The van der Waals surface area contributed by atoms with Crippen LogP contribution in [0.5, 0.6) is 5.75 Å². The van der Waals surface area contributed by atoms with E-state index in [1.165, 1.54) is 0 Å². The van der Waals surface area contributed by atoms with Gasteiger partial charge < -0.3 is 4.74 Å². The van der Waals surface area contributed by atoms with Crippen LogP contribution in [0.25, 0.3) is 0 Å². The molecular formula is C13H13ClN4O. The van der Waals surface area contributed by atoms with Crippen LogP contribution in [-0.4, -0.2) is 23.0 Å². The molecule has 1 heterocycles. The van der Waals surface area contributed by atoms with E-state index in [0.29, 0.717) is 17.6 Å². The highest BCUT2D eigenvalue weighted by molar-refractivity contribution is 6.29. The lowest BCUT2D eigenvalue weighted by molar-refractivity contribution is 0.340. The maximum Gasteiger partial charge on any atom is 0.168 e. The van der Waals surface area contributed by atoms with E-state index in [4.69, 9.17) is 16.3 Å². The molecule has 0 aliphatic heterocycles. The van der Waals surface area contributed by atoms with Gasteiger partial charge in [-0.05, 0) is 48.9 Å². The van der Waals surface area contributed by atoms with E-state index in [1.807, 2.05) is 31.2 Å². The van der Waals surface area contributed by atoms with Crippen molar-refractivity contribution < 1.29 is 4.74 Å². The van der Waals surface area contributed by atoms with Gasteiger partial charge in [-0.2, -0.15) is 5.10 Å². The molecule has 0 amide bonds. The lowest BCUT2D eigenvalue weighted by atomic mass is 10.2. The third-order valence-electron chi connectivity index (χ3n) is 2.22. The van der Waals surface area contributed by atoms with Crippen molar-refractivity contribution in [2.75, 3.05) is 12.0 Å². The Morgan fingerprint density at radius 3 is 2.63 bits per heavy atom. The monoisotopic (exact) mass is 276 g/mol. The average molecular weight is 277 g/mol. The molecule has 0 atom stereocenters.